The predicted molar refractivity (Wildman–Crippen MR) is 79.7 cm³/mol. The molecule has 1 nitrogen and oxygen atoms in total. The van der Waals surface area contributed by atoms with Gasteiger partial charge in [0.1, 0.15) is 0 Å². The van der Waals surface area contributed by atoms with Gasteiger partial charge in [-0.1, -0.05) is 48.5 Å². The summed E-state index contributed by atoms with van der Waals surface area (Å²) in [7, 11) is 0. The van der Waals surface area contributed by atoms with Crippen LogP contribution in [0.3, 0.4) is 0 Å². The van der Waals surface area contributed by atoms with E-state index in [4.69, 9.17) is 0 Å². The topological polar surface area (TPSA) is 12.0 Å². The lowest BCUT2D eigenvalue weighted by Crippen LogP contribution is -2.00. The van der Waals surface area contributed by atoms with Gasteiger partial charge >= 0.3 is 0 Å². The molecule has 18 heavy (non-hydrogen) atoms. The highest BCUT2D eigenvalue weighted by molar-refractivity contribution is 5.85. The van der Waals surface area contributed by atoms with E-state index in [1.807, 2.05) is 0 Å². The minimum Gasteiger partial charge on any atom is -0.385 e. The standard InChI is InChI=1S/C16H17N.ClH/c1-2-7-13(8-3-1)14-10-6-12-17-16-11-5-4-9-15(14)16;/h1-5,7-9,11,14,17H,6,10,12H2;1H. The molecule has 3 rings (SSSR count). The molecular formula is C16H18ClN. The lowest BCUT2D eigenvalue weighted by molar-refractivity contribution is 0.699. The van der Waals surface area contributed by atoms with E-state index >= 15 is 0 Å². The molecule has 94 valence electrons. The molecule has 1 heterocycles. The van der Waals surface area contributed by atoms with Crippen LogP contribution in [0, 0.1) is 0 Å². The molecule has 2 aromatic rings. The van der Waals surface area contributed by atoms with Gasteiger partial charge in [-0.05, 0) is 30.0 Å². The molecule has 0 bridgehead atoms. The van der Waals surface area contributed by atoms with Crippen molar-refractivity contribution < 1.29 is 0 Å². The van der Waals surface area contributed by atoms with Crippen LogP contribution in [0.1, 0.15) is 29.9 Å². The summed E-state index contributed by atoms with van der Waals surface area (Å²) in [5.74, 6) is 0.544. The van der Waals surface area contributed by atoms with Gasteiger partial charge in [-0.3, -0.25) is 0 Å². The summed E-state index contributed by atoms with van der Waals surface area (Å²) in [6.45, 7) is 1.08. The molecule has 0 saturated carbocycles. The molecule has 0 radical (unpaired) electrons. The average Bonchev–Trinajstić information content (AvgIpc) is 2.62. The maximum Gasteiger partial charge on any atom is 0.0378 e. The second-order valence-corrected chi connectivity index (χ2v) is 4.62. The molecule has 0 aliphatic carbocycles. The Labute approximate surface area is 115 Å². The summed E-state index contributed by atoms with van der Waals surface area (Å²) in [6.07, 6.45) is 2.46. The van der Waals surface area contributed by atoms with Crippen LogP contribution >= 0.6 is 12.4 Å². The zero-order valence-corrected chi connectivity index (χ0v) is 11.1. The predicted octanol–water partition coefficient (Wildman–Crippen LogP) is 4.45. The van der Waals surface area contributed by atoms with Crippen molar-refractivity contribution in [3.8, 4) is 0 Å². The number of hydrogen-bond acceptors (Lipinski definition) is 1. The molecule has 1 aliphatic heterocycles. The maximum absolute atomic E-state index is 3.52. The van der Waals surface area contributed by atoms with Crippen molar-refractivity contribution in [1.29, 1.82) is 0 Å². The fourth-order valence-electron chi connectivity index (χ4n) is 2.68. The summed E-state index contributed by atoms with van der Waals surface area (Å²) in [4.78, 5) is 0. The fraction of sp³-hybridized carbons (Fsp3) is 0.250. The largest absolute Gasteiger partial charge is 0.385 e. The Morgan fingerprint density at radius 3 is 2.44 bits per heavy atom. The summed E-state index contributed by atoms with van der Waals surface area (Å²) in [5.41, 5.74) is 4.18. The van der Waals surface area contributed by atoms with E-state index in [-0.39, 0.29) is 12.4 Å². The second-order valence-electron chi connectivity index (χ2n) is 4.62. The Bertz CT molecular complexity index is 495. The van der Waals surface area contributed by atoms with Gasteiger partial charge < -0.3 is 5.32 Å². The number of anilines is 1. The monoisotopic (exact) mass is 259 g/mol. The highest BCUT2D eigenvalue weighted by Gasteiger charge is 2.19. The van der Waals surface area contributed by atoms with Gasteiger partial charge in [0.25, 0.3) is 0 Å². The van der Waals surface area contributed by atoms with Gasteiger partial charge in [-0.2, -0.15) is 0 Å². The van der Waals surface area contributed by atoms with Crippen LogP contribution in [0.5, 0.6) is 0 Å². The minimum atomic E-state index is 0. The molecule has 1 unspecified atom stereocenters. The van der Waals surface area contributed by atoms with Gasteiger partial charge in [0.15, 0.2) is 0 Å². The number of fused-ring (bicyclic) bond motifs is 1. The molecule has 1 atom stereocenters. The molecule has 0 amide bonds. The first-order valence-corrected chi connectivity index (χ1v) is 6.33. The van der Waals surface area contributed by atoms with Gasteiger partial charge in [-0.25, -0.2) is 0 Å². The quantitative estimate of drug-likeness (QED) is 0.798. The Hall–Kier alpha value is -1.47. The highest BCUT2D eigenvalue weighted by atomic mass is 35.5. The third kappa shape index (κ3) is 2.51. The maximum atomic E-state index is 3.52. The van der Waals surface area contributed by atoms with Crippen molar-refractivity contribution in [3.05, 3.63) is 65.7 Å². The molecule has 1 aliphatic rings. The second kappa shape index (κ2) is 5.92. The summed E-state index contributed by atoms with van der Waals surface area (Å²) in [5, 5.41) is 3.52. The van der Waals surface area contributed by atoms with Gasteiger partial charge in [0.05, 0.1) is 0 Å². The normalized spacial score (nSPS) is 17.9. The molecule has 0 spiro atoms. The Kier molecular flexibility index (Phi) is 4.27. The highest BCUT2D eigenvalue weighted by Crippen LogP contribution is 2.35. The van der Waals surface area contributed by atoms with Crippen LogP contribution in [-0.2, 0) is 0 Å². The molecule has 0 saturated heterocycles. The third-order valence-corrected chi connectivity index (χ3v) is 3.52. The Morgan fingerprint density at radius 2 is 1.61 bits per heavy atom. The Balaban J connectivity index is 0.00000120. The molecule has 2 heteroatoms. The minimum absolute atomic E-state index is 0. The van der Waals surface area contributed by atoms with E-state index in [1.54, 1.807) is 0 Å². The van der Waals surface area contributed by atoms with E-state index < -0.39 is 0 Å². The summed E-state index contributed by atoms with van der Waals surface area (Å²) in [6, 6.07) is 19.5. The van der Waals surface area contributed by atoms with E-state index in [0.29, 0.717) is 5.92 Å². The molecule has 1 N–H and O–H groups in total. The van der Waals surface area contributed by atoms with Crippen LogP contribution in [0.4, 0.5) is 5.69 Å². The van der Waals surface area contributed by atoms with Crippen molar-refractivity contribution in [3.63, 3.8) is 0 Å². The molecular weight excluding hydrogens is 242 g/mol. The van der Waals surface area contributed by atoms with Crippen LogP contribution in [-0.4, -0.2) is 6.54 Å². The van der Waals surface area contributed by atoms with Crippen LogP contribution in [0.2, 0.25) is 0 Å². The van der Waals surface area contributed by atoms with Crippen molar-refractivity contribution >= 4 is 18.1 Å². The zero-order valence-electron chi connectivity index (χ0n) is 10.3. The van der Waals surface area contributed by atoms with Crippen LogP contribution in [0.15, 0.2) is 54.6 Å². The zero-order chi connectivity index (χ0) is 11.5. The van der Waals surface area contributed by atoms with E-state index in [9.17, 15) is 0 Å². The van der Waals surface area contributed by atoms with Crippen LogP contribution in [0.25, 0.3) is 0 Å². The van der Waals surface area contributed by atoms with Gasteiger partial charge in [-0.15, -0.1) is 12.4 Å². The van der Waals surface area contributed by atoms with Crippen LogP contribution < -0.4 is 5.32 Å². The van der Waals surface area contributed by atoms with Crippen molar-refractivity contribution in [2.24, 2.45) is 0 Å². The first-order chi connectivity index (χ1) is 8.45. The average molecular weight is 260 g/mol. The number of rotatable bonds is 1. The van der Waals surface area contributed by atoms with E-state index in [2.05, 4.69) is 59.9 Å². The first kappa shape index (κ1) is 13.0. The summed E-state index contributed by atoms with van der Waals surface area (Å²) >= 11 is 0. The van der Waals surface area contributed by atoms with E-state index in [1.165, 1.54) is 29.7 Å². The van der Waals surface area contributed by atoms with Crippen molar-refractivity contribution in [2.75, 3.05) is 11.9 Å². The number of halogens is 1. The molecule has 2 aromatic carbocycles. The number of para-hydroxylation sites is 1. The summed E-state index contributed by atoms with van der Waals surface area (Å²) < 4.78 is 0. The molecule has 0 aromatic heterocycles. The third-order valence-electron chi connectivity index (χ3n) is 3.52. The lowest BCUT2D eigenvalue weighted by atomic mass is 9.87. The van der Waals surface area contributed by atoms with Crippen molar-refractivity contribution in [1.82, 2.24) is 0 Å². The number of nitrogens with one attached hydrogen (secondary N) is 1. The lowest BCUT2D eigenvalue weighted by Gasteiger charge is -2.17. The first-order valence-electron chi connectivity index (χ1n) is 6.33. The van der Waals surface area contributed by atoms with Gasteiger partial charge in [0, 0.05) is 18.2 Å². The molecule has 0 fully saturated rings. The fourth-order valence-corrected chi connectivity index (χ4v) is 2.68. The van der Waals surface area contributed by atoms with E-state index in [0.717, 1.165) is 6.54 Å². The Morgan fingerprint density at radius 1 is 0.889 bits per heavy atom. The van der Waals surface area contributed by atoms with Crippen molar-refractivity contribution in [2.45, 2.75) is 18.8 Å². The smallest absolute Gasteiger partial charge is 0.0378 e. The number of benzene rings is 2. The van der Waals surface area contributed by atoms with Gasteiger partial charge in [0.2, 0.25) is 0 Å². The SMILES string of the molecule is Cl.c1ccc(C2CCCNc3ccccc32)cc1. The number of hydrogen-bond donors (Lipinski definition) is 1.